The van der Waals surface area contributed by atoms with Crippen molar-refractivity contribution in [2.45, 2.75) is 13.0 Å². The van der Waals surface area contributed by atoms with Crippen LogP contribution in [0.4, 0.5) is 0 Å². The smallest absolute Gasteiger partial charge is 0.123 e. The number of benzene rings is 1. The largest absolute Gasteiger partial charge is 0.496 e. The lowest BCUT2D eigenvalue weighted by Gasteiger charge is -2.17. The van der Waals surface area contributed by atoms with Gasteiger partial charge in [0.1, 0.15) is 5.75 Å². The van der Waals surface area contributed by atoms with Gasteiger partial charge in [0.25, 0.3) is 0 Å². The van der Waals surface area contributed by atoms with Crippen LogP contribution in [0.15, 0.2) is 18.2 Å². The third-order valence-corrected chi connectivity index (χ3v) is 3.43. The highest BCUT2D eigenvalue weighted by Gasteiger charge is 2.22. The predicted octanol–water partition coefficient (Wildman–Crippen LogP) is 1.38. The monoisotopic (exact) mass is 246 g/mol. The number of hydrogen-bond donors (Lipinski definition) is 1. The Labute approximate surface area is 107 Å². The Morgan fingerprint density at radius 3 is 3.00 bits per heavy atom. The number of likely N-dealkylation sites (tertiary alicyclic amines) is 1. The third kappa shape index (κ3) is 2.81. The summed E-state index contributed by atoms with van der Waals surface area (Å²) in [6.07, 6.45) is 1.04. The maximum Gasteiger partial charge on any atom is 0.123 e. The molecule has 0 aromatic heterocycles. The van der Waals surface area contributed by atoms with E-state index in [9.17, 15) is 0 Å². The lowest BCUT2D eigenvalue weighted by Crippen LogP contribution is -2.21. The highest BCUT2D eigenvalue weighted by Crippen LogP contribution is 2.24. The Kier molecular flexibility index (Phi) is 4.19. The van der Waals surface area contributed by atoms with Crippen LogP contribution in [-0.4, -0.2) is 36.8 Å². The SMILES string of the molecule is COc1ccc(C#N)cc1CN1CCC(CO)C1. The van der Waals surface area contributed by atoms with Gasteiger partial charge in [0.15, 0.2) is 0 Å². The minimum atomic E-state index is 0.256. The first-order valence-electron chi connectivity index (χ1n) is 6.17. The average Bonchev–Trinajstić information content (AvgIpc) is 2.86. The van der Waals surface area contributed by atoms with Crippen molar-refractivity contribution in [1.29, 1.82) is 5.26 Å². The van der Waals surface area contributed by atoms with Crippen molar-refractivity contribution in [2.75, 3.05) is 26.8 Å². The van der Waals surface area contributed by atoms with Crippen molar-refractivity contribution in [1.82, 2.24) is 4.90 Å². The molecule has 4 heteroatoms. The van der Waals surface area contributed by atoms with Crippen LogP contribution in [0.25, 0.3) is 0 Å². The number of nitrogens with zero attached hydrogens (tertiary/aromatic N) is 2. The molecule has 1 unspecified atom stereocenters. The number of rotatable bonds is 4. The van der Waals surface area contributed by atoms with E-state index in [0.717, 1.165) is 37.4 Å². The van der Waals surface area contributed by atoms with E-state index in [2.05, 4.69) is 11.0 Å². The van der Waals surface area contributed by atoms with Gasteiger partial charge < -0.3 is 9.84 Å². The van der Waals surface area contributed by atoms with E-state index in [1.807, 2.05) is 12.1 Å². The fraction of sp³-hybridized carbons (Fsp3) is 0.500. The molecule has 0 amide bonds. The van der Waals surface area contributed by atoms with Gasteiger partial charge >= 0.3 is 0 Å². The van der Waals surface area contributed by atoms with E-state index in [0.29, 0.717) is 11.5 Å². The van der Waals surface area contributed by atoms with E-state index in [4.69, 9.17) is 15.1 Å². The second-order valence-corrected chi connectivity index (χ2v) is 4.71. The Morgan fingerprint density at radius 2 is 2.39 bits per heavy atom. The fourth-order valence-corrected chi connectivity index (χ4v) is 2.42. The van der Waals surface area contributed by atoms with E-state index < -0.39 is 0 Å². The standard InChI is InChI=1S/C14H18N2O2/c1-18-14-3-2-11(7-15)6-13(14)9-16-5-4-12(8-16)10-17/h2-3,6,12,17H,4-5,8-10H2,1H3. The Balaban J connectivity index is 2.11. The molecule has 1 aromatic rings. The number of ether oxygens (including phenoxy) is 1. The molecule has 96 valence electrons. The quantitative estimate of drug-likeness (QED) is 0.872. The van der Waals surface area contributed by atoms with Gasteiger partial charge in [-0.3, -0.25) is 4.90 Å². The second kappa shape index (κ2) is 5.85. The molecule has 1 fully saturated rings. The molecule has 1 aromatic carbocycles. The van der Waals surface area contributed by atoms with E-state index in [1.165, 1.54) is 0 Å². The number of aliphatic hydroxyl groups excluding tert-OH is 1. The lowest BCUT2D eigenvalue weighted by atomic mass is 10.1. The first-order valence-corrected chi connectivity index (χ1v) is 6.17. The molecule has 2 rings (SSSR count). The number of methoxy groups -OCH3 is 1. The summed E-state index contributed by atoms with van der Waals surface area (Å²) in [5.41, 5.74) is 1.69. The summed E-state index contributed by atoms with van der Waals surface area (Å²) in [5.74, 6) is 1.21. The molecule has 0 aliphatic carbocycles. The summed E-state index contributed by atoms with van der Waals surface area (Å²) in [6.45, 7) is 2.93. The Hall–Kier alpha value is -1.57. The maximum atomic E-state index is 9.14. The summed E-state index contributed by atoms with van der Waals surface area (Å²) in [5, 5.41) is 18.1. The second-order valence-electron chi connectivity index (χ2n) is 4.71. The summed E-state index contributed by atoms with van der Waals surface area (Å²) < 4.78 is 5.32. The van der Waals surface area contributed by atoms with Crippen molar-refractivity contribution in [3.63, 3.8) is 0 Å². The van der Waals surface area contributed by atoms with Crippen LogP contribution in [0.2, 0.25) is 0 Å². The number of nitriles is 1. The van der Waals surface area contributed by atoms with Gasteiger partial charge in [-0.15, -0.1) is 0 Å². The highest BCUT2D eigenvalue weighted by atomic mass is 16.5. The highest BCUT2D eigenvalue weighted by molar-refractivity contribution is 5.42. The fourth-order valence-electron chi connectivity index (χ4n) is 2.42. The average molecular weight is 246 g/mol. The number of aliphatic hydroxyl groups is 1. The van der Waals surface area contributed by atoms with Crippen molar-refractivity contribution in [3.05, 3.63) is 29.3 Å². The van der Waals surface area contributed by atoms with Crippen LogP contribution in [0, 0.1) is 17.2 Å². The van der Waals surface area contributed by atoms with Crippen molar-refractivity contribution in [2.24, 2.45) is 5.92 Å². The van der Waals surface area contributed by atoms with Crippen molar-refractivity contribution < 1.29 is 9.84 Å². The van der Waals surface area contributed by atoms with Crippen LogP contribution in [0.5, 0.6) is 5.75 Å². The maximum absolute atomic E-state index is 9.14. The molecule has 4 nitrogen and oxygen atoms in total. The van der Waals surface area contributed by atoms with Gasteiger partial charge in [-0.25, -0.2) is 0 Å². The van der Waals surface area contributed by atoms with Gasteiger partial charge in [-0.2, -0.15) is 5.26 Å². The molecule has 0 bridgehead atoms. The predicted molar refractivity (Wildman–Crippen MR) is 68.2 cm³/mol. The number of hydrogen-bond acceptors (Lipinski definition) is 4. The van der Waals surface area contributed by atoms with E-state index in [1.54, 1.807) is 13.2 Å². The molecule has 1 N–H and O–H groups in total. The first kappa shape index (κ1) is 12.9. The van der Waals surface area contributed by atoms with Crippen molar-refractivity contribution in [3.8, 4) is 11.8 Å². The molecular weight excluding hydrogens is 228 g/mol. The Morgan fingerprint density at radius 1 is 1.56 bits per heavy atom. The summed E-state index contributed by atoms with van der Waals surface area (Å²) in [7, 11) is 1.64. The van der Waals surface area contributed by atoms with Crippen LogP contribution < -0.4 is 4.74 Å². The molecule has 0 radical (unpaired) electrons. The molecule has 0 spiro atoms. The van der Waals surface area contributed by atoms with Gasteiger partial charge in [0.2, 0.25) is 0 Å². The molecule has 18 heavy (non-hydrogen) atoms. The lowest BCUT2D eigenvalue weighted by molar-refractivity contribution is 0.219. The normalized spacial score (nSPS) is 19.7. The Bertz CT molecular complexity index is 454. The van der Waals surface area contributed by atoms with Gasteiger partial charge in [-0.05, 0) is 37.1 Å². The third-order valence-electron chi connectivity index (χ3n) is 3.43. The topological polar surface area (TPSA) is 56.5 Å². The van der Waals surface area contributed by atoms with Gasteiger partial charge in [-0.1, -0.05) is 0 Å². The minimum Gasteiger partial charge on any atom is -0.496 e. The zero-order valence-electron chi connectivity index (χ0n) is 10.6. The zero-order valence-corrected chi connectivity index (χ0v) is 10.6. The van der Waals surface area contributed by atoms with Crippen LogP contribution >= 0.6 is 0 Å². The molecule has 1 saturated heterocycles. The molecular formula is C14H18N2O2. The van der Waals surface area contributed by atoms with E-state index in [-0.39, 0.29) is 6.61 Å². The summed E-state index contributed by atoms with van der Waals surface area (Å²) >= 11 is 0. The zero-order chi connectivity index (χ0) is 13.0. The van der Waals surface area contributed by atoms with Crippen LogP contribution in [0.3, 0.4) is 0 Å². The molecule has 1 aliphatic heterocycles. The molecule has 1 aliphatic rings. The van der Waals surface area contributed by atoms with Crippen molar-refractivity contribution >= 4 is 0 Å². The minimum absolute atomic E-state index is 0.256. The van der Waals surface area contributed by atoms with E-state index >= 15 is 0 Å². The molecule has 1 atom stereocenters. The molecule has 0 saturated carbocycles. The molecule has 1 heterocycles. The van der Waals surface area contributed by atoms with Crippen LogP contribution in [0.1, 0.15) is 17.5 Å². The first-order chi connectivity index (χ1) is 8.76. The summed E-state index contributed by atoms with van der Waals surface area (Å²) in [6, 6.07) is 7.64. The van der Waals surface area contributed by atoms with Gasteiger partial charge in [0, 0.05) is 25.3 Å². The van der Waals surface area contributed by atoms with Gasteiger partial charge in [0.05, 0.1) is 18.7 Å². The summed E-state index contributed by atoms with van der Waals surface area (Å²) in [4.78, 5) is 2.29. The van der Waals surface area contributed by atoms with Crippen LogP contribution in [-0.2, 0) is 6.54 Å².